The van der Waals surface area contributed by atoms with E-state index in [2.05, 4.69) is 34.1 Å². The van der Waals surface area contributed by atoms with Gasteiger partial charge >= 0.3 is 6.03 Å². The van der Waals surface area contributed by atoms with Crippen molar-refractivity contribution < 1.29 is 19.4 Å². The van der Waals surface area contributed by atoms with Gasteiger partial charge in [-0.15, -0.1) is 0 Å². The number of aliphatic hydroxyl groups excluding tert-OH is 2. The van der Waals surface area contributed by atoms with E-state index in [1.807, 2.05) is 37.3 Å². The lowest BCUT2D eigenvalue weighted by atomic mass is 9.95. The molecule has 0 spiro atoms. The zero-order valence-corrected chi connectivity index (χ0v) is 22.4. The number of aromatic nitrogens is 3. The quantitative estimate of drug-likeness (QED) is 0.264. The third-order valence-electron chi connectivity index (χ3n) is 7.43. The topological polar surface area (TPSA) is 114 Å². The van der Waals surface area contributed by atoms with Gasteiger partial charge in [-0.05, 0) is 60.6 Å². The molecular formula is C30H34FN5O3. The fraction of sp³-hybridized carbons (Fsp3) is 0.367. The van der Waals surface area contributed by atoms with Crippen LogP contribution in [0, 0.1) is 24.6 Å². The van der Waals surface area contributed by atoms with E-state index in [4.69, 9.17) is 0 Å². The van der Waals surface area contributed by atoms with Crippen LogP contribution in [0.4, 0.5) is 14.9 Å². The summed E-state index contributed by atoms with van der Waals surface area (Å²) in [5.41, 5.74) is 5.61. The first-order chi connectivity index (χ1) is 18.7. The molecule has 2 atom stereocenters. The number of likely N-dealkylation sites (tertiary alicyclic amines) is 1. The molecule has 1 fully saturated rings. The van der Waals surface area contributed by atoms with Gasteiger partial charge in [-0.1, -0.05) is 38.1 Å². The lowest BCUT2D eigenvalue weighted by Crippen LogP contribution is -2.34. The maximum absolute atomic E-state index is 14.9. The second kappa shape index (κ2) is 11.1. The van der Waals surface area contributed by atoms with E-state index in [0.717, 1.165) is 28.6 Å². The van der Waals surface area contributed by atoms with Crippen LogP contribution in [0.15, 0.2) is 48.8 Å². The number of aliphatic hydroxyl groups is 2. The first-order valence-electron chi connectivity index (χ1n) is 13.3. The second-order valence-corrected chi connectivity index (χ2v) is 10.8. The third kappa shape index (κ3) is 5.65. The van der Waals surface area contributed by atoms with E-state index in [0.29, 0.717) is 47.0 Å². The Balaban J connectivity index is 1.44. The molecule has 2 unspecified atom stereocenters. The highest BCUT2D eigenvalue weighted by Gasteiger charge is 2.34. The summed E-state index contributed by atoms with van der Waals surface area (Å²) in [5, 5.41) is 23.2. The first kappa shape index (κ1) is 26.8. The van der Waals surface area contributed by atoms with E-state index in [1.54, 1.807) is 4.90 Å². The molecule has 2 aromatic carbocycles. The van der Waals surface area contributed by atoms with Crippen LogP contribution in [0.5, 0.6) is 0 Å². The molecule has 5 rings (SSSR count). The zero-order valence-electron chi connectivity index (χ0n) is 22.4. The number of aromatic amines is 1. The van der Waals surface area contributed by atoms with E-state index in [9.17, 15) is 19.4 Å². The average Bonchev–Trinajstić information content (AvgIpc) is 3.50. The Morgan fingerprint density at radius 2 is 1.95 bits per heavy atom. The third-order valence-corrected chi connectivity index (χ3v) is 7.43. The predicted octanol–water partition coefficient (Wildman–Crippen LogP) is 5.14. The summed E-state index contributed by atoms with van der Waals surface area (Å²) in [6.45, 7) is 6.83. The molecule has 3 heterocycles. The SMILES string of the molecule is Cc1c(NC(=O)N2CC(O)C(CC(C)C)C2)cc(F)cc1-c1ncnc2[nH]c(-c3ccc(CCO)cc3)cc12. The Bertz CT molecular complexity index is 1480. The molecule has 4 N–H and O–H groups in total. The zero-order chi connectivity index (χ0) is 27.7. The molecule has 0 aliphatic carbocycles. The van der Waals surface area contributed by atoms with Crippen molar-refractivity contribution in [2.75, 3.05) is 25.0 Å². The summed E-state index contributed by atoms with van der Waals surface area (Å²) in [5.74, 6) is -0.0418. The van der Waals surface area contributed by atoms with Crippen molar-refractivity contribution >= 4 is 22.8 Å². The van der Waals surface area contributed by atoms with Crippen LogP contribution in [0.1, 0.15) is 31.4 Å². The van der Waals surface area contributed by atoms with Gasteiger partial charge in [0.2, 0.25) is 0 Å². The molecule has 4 aromatic rings. The number of carbonyl (C=O) groups excluding carboxylic acids is 1. The Kier molecular flexibility index (Phi) is 7.63. The van der Waals surface area contributed by atoms with Crippen molar-refractivity contribution in [1.29, 1.82) is 0 Å². The molecular weight excluding hydrogens is 497 g/mol. The van der Waals surface area contributed by atoms with Crippen LogP contribution in [-0.2, 0) is 6.42 Å². The Labute approximate surface area is 226 Å². The molecule has 204 valence electrons. The van der Waals surface area contributed by atoms with Gasteiger partial charge in [0.15, 0.2) is 0 Å². The number of carbonyl (C=O) groups is 1. The number of rotatable bonds is 7. The van der Waals surface area contributed by atoms with Crippen molar-refractivity contribution in [1.82, 2.24) is 19.9 Å². The van der Waals surface area contributed by atoms with Gasteiger partial charge in [-0.25, -0.2) is 19.2 Å². The van der Waals surface area contributed by atoms with E-state index >= 15 is 0 Å². The molecule has 0 bridgehead atoms. The summed E-state index contributed by atoms with van der Waals surface area (Å²) in [6.07, 6.45) is 2.30. The number of hydrogen-bond donors (Lipinski definition) is 4. The highest BCUT2D eigenvalue weighted by molar-refractivity contribution is 5.97. The second-order valence-electron chi connectivity index (χ2n) is 10.8. The number of fused-ring (bicyclic) bond motifs is 1. The average molecular weight is 532 g/mol. The molecule has 2 aromatic heterocycles. The minimum Gasteiger partial charge on any atom is -0.396 e. The van der Waals surface area contributed by atoms with Gasteiger partial charge in [-0.2, -0.15) is 0 Å². The lowest BCUT2D eigenvalue weighted by molar-refractivity contribution is 0.132. The number of β-amino-alcohol motifs (C(OH)–C–C–N with tert-alkyl or cyclic N) is 1. The smallest absolute Gasteiger partial charge is 0.321 e. The Morgan fingerprint density at radius 3 is 2.67 bits per heavy atom. The Hall–Kier alpha value is -3.82. The summed E-state index contributed by atoms with van der Waals surface area (Å²) in [6, 6.07) is 12.2. The first-order valence-corrected chi connectivity index (χ1v) is 13.3. The number of anilines is 1. The lowest BCUT2D eigenvalue weighted by Gasteiger charge is -2.19. The van der Waals surface area contributed by atoms with Crippen molar-refractivity contribution in [3.63, 3.8) is 0 Å². The largest absolute Gasteiger partial charge is 0.396 e. The molecule has 1 aliphatic rings. The minimum atomic E-state index is -0.565. The minimum absolute atomic E-state index is 0.0305. The highest BCUT2D eigenvalue weighted by Crippen LogP contribution is 2.35. The van der Waals surface area contributed by atoms with E-state index < -0.39 is 11.9 Å². The predicted molar refractivity (Wildman–Crippen MR) is 150 cm³/mol. The number of amides is 2. The van der Waals surface area contributed by atoms with Gasteiger partial charge in [-0.3, -0.25) is 0 Å². The van der Waals surface area contributed by atoms with Crippen LogP contribution < -0.4 is 5.32 Å². The number of nitrogens with one attached hydrogen (secondary N) is 2. The van der Waals surface area contributed by atoms with Crippen LogP contribution in [-0.4, -0.2) is 61.9 Å². The molecule has 9 heteroatoms. The van der Waals surface area contributed by atoms with Crippen LogP contribution >= 0.6 is 0 Å². The number of benzene rings is 2. The fourth-order valence-electron chi connectivity index (χ4n) is 5.40. The molecule has 0 radical (unpaired) electrons. The monoisotopic (exact) mass is 531 g/mol. The van der Waals surface area contributed by atoms with Crippen molar-refractivity contribution in [2.45, 2.75) is 39.7 Å². The molecule has 1 saturated heterocycles. The van der Waals surface area contributed by atoms with Gasteiger partial charge in [0.25, 0.3) is 0 Å². The van der Waals surface area contributed by atoms with Crippen LogP contribution in [0.3, 0.4) is 0 Å². The number of urea groups is 1. The summed E-state index contributed by atoms with van der Waals surface area (Å²) < 4.78 is 14.9. The molecule has 2 amide bonds. The maximum Gasteiger partial charge on any atom is 0.321 e. The van der Waals surface area contributed by atoms with Gasteiger partial charge < -0.3 is 25.4 Å². The van der Waals surface area contributed by atoms with Gasteiger partial charge in [0, 0.05) is 47.9 Å². The van der Waals surface area contributed by atoms with Crippen molar-refractivity contribution in [3.05, 3.63) is 65.7 Å². The Morgan fingerprint density at radius 1 is 1.18 bits per heavy atom. The molecule has 1 aliphatic heterocycles. The number of nitrogens with zero attached hydrogens (tertiary/aromatic N) is 3. The van der Waals surface area contributed by atoms with Crippen LogP contribution in [0.2, 0.25) is 0 Å². The number of hydrogen-bond acceptors (Lipinski definition) is 5. The maximum atomic E-state index is 14.9. The van der Waals surface area contributed by atoms with Crippen LogP contribution in [0.25, 0.3) is 33.5 Å². The van der Waals surface area contributed by atoms with E-state index in [-0.39, 0.29) is 25.1 Å². The standard InChI is InChI=1S/C30H34FN5O3/c1-17(2)10-21-14-36(15-27(21)38)30(39)35-25-12-22(31)11-23(18(25)3)28-24-13-26(34-29(24)33-16-32-28)20-6-4-19(5-7-20)8-9-37/h4-7,11-13,16-17,21,27,37-38H,8-10,14-15H2,1-3H3,(H,35,39)(H,32,33,34). The molecule has 39 heavy (non-hydrogen) atoms. The number of halogens is 1. The molecule has 8 nitrogen and oxygen atoms in total. The fourth-order valence-corrected chi connectivity index (χ4v) is 5.40. The molecule has 0 saturated carbocycles. The van der Waals surface area contributed by atoms with Crippen molar-refractivity contribution in [3.8, 4) is 22.5 Å². The number of H-pyrrole nitrogens is 1. The highest BCUT2D eigenvalue weighted by atomic mass is 19.1. The van der Waals surface area contributed by atoms with E-state index in [1.165, 1.54) is 18.5 Å². The normalized spacial score (nSPS) is 17.4. The van der Waals surface area contributed by atoms with Crippen molar-refractivity contribution in [2.24, 2.45) is 11.8 Å². The summed E-state index contributed by atoms with van der Waals surface area (Å²) in [4.78, 5) is 26.9. The summed E-state index contributed by atoms with van der Waals surface area (Å²) >= 11 is 0. The summed E-state index contributed by atoms with van der Waals surface area (Å²) in [7, 11) is 0. The van der Waals surface area contributed by atoms with Gasteiger partial charge in [0.05, 0.1) is 11.8 Å². The van der Waals surface area contributed by atoms with Gasteiger partial charge in [0.1, 0.15) is 17.8 Å².